The van der Waals surface area contributed by atoms with Crippen LogP contribution in [0.3, 0.4) is 0 Å². The maximum atomic E-state index is 12.6. The smallest absolute Gasteiger partial charge is 0.244 e. The van der Waals surface area contributed by atoms with E-state index in [0.29, 0.717) is 23.5 Å². The van der Waals surface area contributed by atoms with Crippen molar-refractivity contribution in [2.45, 2.75) is 30.7 Å². The molecule has 0 saturated carbocycles. The lowest BCUT2D eigenvalue weighted by Crippen LogP contribution is -2.49. The first-order valence-electron chi connectivity index (χ1n) is 6.27. The van der Waals surface area contributed by atoms with Gasteiger partial charge in [-0.2, -0.15) is 4.31 Å². The first kappa shape index (κ1) is 17.8. The normalized spacial score (nSPS) is 24.1. The molecule has 5 nitrogen and oxygen atoms in total. The number of hydrogen-bond acceptors (Lipinski definition) is 4. The molecular formula is C12H19BrClN3O2S. The third kappa shape index (κ3) is 3.71. The molecule has 1 aliphatic heterocycles. The molecular weight excluding hydrogens is 366 g/mol. The minimum Gasteiger partial charge on any atom is -0.329 e. The number of pyridine rings is 1. The fraction of sp³-hybridized carbons (Fsp3) is 0.583. The summed E-state index contributed by atoms with van der Waals surface area (Å²) in [5, 5.41) is 0. The summed E-state index contributed by atoms with van der Waals surface area (Å²) in [7, 11) is -3.51. The SMILES string of the molecule is CC1CCN(S(=O)(=O)c2cncc(Br)c2)C(CN)C1.Cl. The Morgan fingerprint density at radius 2 is 2.20 bits per heavy atom. The predicted molar refractivity (Wildman–Crippen MR) is 84.3 cm³/mol. The van der Waals surface area contributed by atoms with Crippen molar-refractivity contribution in [1.82, 2.24) is 9.29 Å². The fourth-order valence-electron chi connectivity index (χ4n) is 2.43. The molecule has 1 saturated heterocycles. The summed E-state index contributed by atoms with van der Waals surface area (Å²) in [5.41, 5.74) is 5.73. The molecule has 1 aromatic heterocycles. The van der Waals surface area contributed by atoms with Crippen molar-refractivity contribution in [2.24, 2.45) is 11.7 Å². The highest BCUT2D eigenvalue weighted by Crippen LogP contribution is 2.28. The molecule has 0 spiro atoms. The van der Waals surface area contributed by atoms with E-state index in [4.69, 9.17) is 5.73 Å². The van der Waals surface area contributed by atoms with Crippen LogP contribution in [0.2, 0.25) is 0 Å². The van der Waals surface area contributed by atoms with Crippen LogP contribution in [0, 0.1) is 5.92 Å². The topological polar surface area (TPSA) is 76.3 Å². The van der Waals surface area contributed by atoms with Crippen LogP contribution < -0.4 is 5.73 Å². The van der Waals surface area contributed by atoms with Gasteiger partial charge in [-0.15, -0.1) is 12.4 Å². The molecule has 1 aliphatic rings. The molecule has 0 amide bonds. The second-order valence-electron chi connectivity index (χ2n) is 4.97. The van der Waals surface area contributed by atoms with Crippen LogP contribution in [-0.2, 0) is 10.0 Å². The number of halogens is 2. The van der Waals surface area contributed by atoms with E-state index in [-0.39, 0.29) is 23.3 Å². The number of piperidine rings is 1. The van der Waals surface area contributed by atoms with E-state index in [1.807, 2.05) is 0 Å². The highest BCUT2D eigenvalue weighted by molar-refractivity contribution is 9.10. The number of hydrogen-bond donors (Lipinski definition) is 1. The summed E-state index contributed by atoms with van der Waals surface area (Å²) < 4.78 is 27.4. The minimum atomic E-state index is -3.51. The molecule has 2 unspecified atom stereocenters. The second-order valence-corrected chi connectivity index (χ2v) is 7.78. The van der Waals surface area contributed by atoms with Gasteiger partial charge in [-0.1, -0.05) is 6.92 Å². The van der Waals surface area contributed by atoms with E-state index in [1.165, 1.54) is 10.5 Å². The molecule has 8 heteroatoms. The Hall–Kier alpha value is -0.210. The van der Waals surface area contributed by atoms with Crippen molar-refractivity contribution in [2.75, 3.05) is 13.1 Å². The molecule has 2 N–H and O–H groups in total. The van der Waals surface area contributed by atoms with Gasteiger partial charge < -0.3 is 5.73 Å². The quantitative estimate of drug-likeness (QED) is 0.865. The molecule has 0 radical (unpaired) electrons. The zero-order valence-corrected chi connectivity index (χ0v) is 14.4. The van der Waals surface area contributed by atoms with Gasteiger partial charge in [-0.25, -0.2) is 8.42 Å². The van der Waals surface area contributed by atoms with Crippen LogP contribution in [0.15, 0.2) is 27.8 Å². The van der Waals surface area contributed by atoms with E-state index in [9.17, 15) is 8.42 Å². The van der Waals surface area contributed by atoms with Crippen LogP contribution in [-0.4, -0.2) is 36.8 Å². The highest BCUT2D eigenvalue weighted by atomic mass is 79.9. The maximum Gasteiger partial charge on any atom is 0.244 e. The van der Waals surface area contributed by atoms with Gasteiger partial charge in [0.2, 0.25) is 10.0 Å². The van der Waals surface area contributed by atoms with Crippen molar-refractivity contribution in [3.8, 4) is 0 Å². The molecule has 114 valence electrons. The van der Waals surface area contributed by atoms with Crippen molar-refractivity contribution < 1.29 is 8.42 Å². The predicted octanol–water partition coefficient (Wildman–Crippen LogP) is 2.01. The highest BCUT2D eigenvalue weighted by Gasteiger charge is 2.35. The summed E-state index contributed by atoms with van der Waals surface area (Å²) >= 11 is 3.25. The summed E-state index contributed by atoms with van der Waals surface area (Å²) in [6, 6.07) is 1.46. The van der Waals surface area contributed by atoms with Crippen molar-refractivity contribution >= 4 is 38.4 Å². The van der Waals surface area contributed by atoms with Crippen LogP contribution in [0.1, 0.15) is 19.8 Å². The van der Waals surface area contributed by atoms with Crippen LogP contribution >= 0.6 is 28.3 Å². The molecule has 1 aromatic rings. The fourth-order valence-corrected chi connectivity index (χ4v) is 4.60. The lowest BCUT2D eigenvalue weighted by Gasteiger charge is -2.36. The van der Waals surface area contributed by atoms with E-state index < -0.39 is 10.0 Å². The Morgan fingerprint density at radius 1 is 1.50 bits per heavy atom. The Bertz CT molecular complexity index is 555. The van der Waals surface area contributed by atoms with Gasteiger partial charge in [-0.05, 0) is 40.8 Å². The van der Waals surface area contributed by atoms with Gasteiger partial charge in [0.1, 0.15) is 4.90 Å². The van der Waals surface area contributed by atoms with E-state index in [1.54, 1.807) is 12.3 Å². The van der Waals surface area contributed by atoms with Crippen molar-refractivity contribution in [3.63, 3.8) is 0 Å². The zero-order valence-electron chi connectivity index (χ0n) is 11.2. The molecule has 2 heterocycles. The monoisotopic (exact) mass is 383 g/mol. The number of sulfonamides is 1. The lowest BCUT2D eigenvalue weighted by atomic mass is 9.94. The first-order valence-corrected chi connectivity index (χ1v) is 8.51. The number of nitrogens with two attached hydrogens (primary N) is 1. The van der Waals surface area contributed by atoms with E-state index in [0.717, 1.165) is 12.8 Å². The Kier molecular flexibility index (Phi) is 6.40. The van der Waals surface area contributed by atoms with E-state index in [2.05, 4.69) is 27.8 Å². The standard InChI is InChI=1S/C12H18BrN3O2S.ClH/c1-9-2-3-16(11(4-9)6-14)19(17,18)12-5-10(13)7-15-8-12;/h5,7-9,11H,2-4,6,14H2,1H3;1H. The van der Waals surface area contributed by atoms with Crippen LogP contribution in [0.25, 0.3) is 0 Å². The zero-order chi connectivity index (χ0) is 14.0. The molecule has 0 bridgehead atoms. The molecule has 2 rings (SSSR count). The van der Waals surface area contributed by atoms with Crippen molar-refractivity contribution in [1.29, 1.82) is 0 Å². The summed E-state index contributed by atoms with van der Waals surface area (Å²) in [6.07, 6.45) is 4.64. The molecule has 0 aliphatic carbocycles. The maximum absolute atomic E-state index is 12.6. The Balaban J connectivity index is 0.00000200. The van der Waals surface area contributed by atoms with Gasteiger partial charge in [0.05, 0.1) is 0 Å². The van der Waals surface area contributed by atoms with Gasteiger partial charge in [0, 0.05) is 36.0 Å². The molecule has 1 fully saturated rings. The minimum absolute atomic E-state index is 0. The van der Waals surface area contributed by atoms with Crippen LogP contribution in [0.4, 0.5) is 0 Å². The lowest BCUT2D eigenvalue weighted by molar-refractivity contribution is 0.211. The third-order valence-electron chi connectivity index (χ3n) is 3.48. The average molecular weight is 385 g/mol. The van der Waals surface area contributed by atoms with Gasteiger partial charge in [0.25, 0.3) is 0 Å². The number of rotatable bonds is 3. The molecule has 2 atom stereocenters. The Morgan fingerprint density at radius 3 is 2.80 bits per heavy atom. The van der Waals surface area contributed by atoms with Gasteiger partial charge in [0.15, 0.2) is 0 Å². The number of aromatic nitrogens is 1. The molecule has 20 heavy (non-hydrogen) atoms. The molecule has 0 aromatic carbocycles. The second kappa shape index (κ2) is 7.17. The van der Waals surface area contributed by atoms with Gasteiger partial charge >= 0.3 is 0 Å². The summed E-state index contributed by atoms with van der Waals surface area (Å²) in [4.78, 5) is 4.14. The first-order chi connectivity index (χ1) is 8.95. The number of nitrogens with zero attached hydrogens (tertiary/aromatic N) is 2. The van der Waals surface area contributed by atoms with E-state index >= 15 is 0 Å². The summed E-state index contributed by atoms with van der Waals surface area (Å²) in [6.45, 7) is 3.01. The van der Waals surface area contributed by atoms with Crippen LogP contribution in [0.5, 0.6) is 0 Å². The van der Waals surface area contributed by atoms with Crippen molar-refractivity contribution in [3.05, 3.63) is 22.9 Å². The third-order valence-corrected chi connectivity index (χ3v) is 5.83. The largest absolute Gasteiger partial charge is 0.329 e. The summed E-state index contributed by atoms with van der Waals surface area (Å²) in [5.74, 6) is 0.514. The Labute approximate surface area is 134 Å². The van der Waals surface area contributed by atoms with Gasteiger partial charge in [-0.3, -0.25) is 4.98 Å². The average Bonchev–Trinajstić information content (AvgIpc) is 2.38.